The number of carbonyl (C=O) groups is 1. The Hall–Kier alpha value is -2.26. The van der Waals surface area contributed by atoms with Gasteiger partial charge in [0.05, 0.1) is 23.3 Å². The van der Waals surface area contributed by atoms with Crippen molar-refractivity contribution in [3.63, 3.8) is 0 Å². The van der Waals surface area contributed by atoms with Crippen molar-refractivity contribution in [2.24, 2.45) is 0 Å². The van der Waals surface area contributed by atoms with Crippen molar-refractivity contribution in [2.75, 3.05) is 0 Å². The fourth-order valence-corrected chi connectivity index (χ4v) is 2.79. The third-order valence-electron chi connectivity index (χ3n) is 5.08. The Morgan fingerprint density at radius 3 is 2.22 bits per heavy atom. The van der Waals surface area contributed by atoms with Gasteiger partial charge in [0.1, 0.15) is 5.69 Å². The van der Waals surface area contributed by atoms with Crippen molar-refractivity contribution in [3.8, 4) is 0 Å². The van der Waals surface area contributed by atoms with Crippen molar-refractivity contribution in [1.82, 2.24) is 9.78 Å². The molecule has 1 aromatic heterocycles. The van der Waals surface area contributed by atoms with Gasteiger partial charge in [0.15, 0.2) is 0 Å². The lowest BCUT2D eigenvalue weighted by Gasteiger charge is -2.32. The molecule has 1 aliphatic rings. The minimum Gasteiger partial charge on any atom is -0.478 e. The van der Waals surface area contributed by atoms with Crippen molar-refractivity contribution >= 4 is 18.6 Å². The van der Waals surface area contributed by atoms with Crippen LogP contribution in [0.4, 0.5) is 8.78 Å². The average Bonchev–Trinajstić information content (AvgIpc) is 3.06. The molecule has 27 heavy (non-hydrogen) atoms. The topological polar surface area (TPSA) is 73.6 Å². The number of aromatic carboxylic acids is 1. The second kappa shape index (κ2) is 6.72. The van der Waals surface area contributed by atoms with E-state index in [1.54, 1.807) is 12.1 Å². The summed E-state index contributed by atoms with van der Waals surface area (Å²) >= 11 is 0. The number of rotatable bonds is 5. The monoisotopic (exact) mass is 378 g/mol. The van der Waals surface area contributed by atoms with Crippen LogP contribution >= 0.6 is 0 Å². The molecule has 1 aromatic carbocycles. The first kappa shape index (κ1) is 19.5. The van der Waals surface area contributed by atoms with E-state index < -0.39 is 30.7 Å². The van der Waals surface area contributed by atoms with E-state index in [2.05, 4.69) is 5.10 Å². The summed E-state index contributed by atoms with van der Waals surface area (Å²) in [5.41, 5.74) is -0.576. The van der Waals surface area contributed by atoms with Gasteiger partial charge in [0, 0.05) is 11.7 Å². The molecule has 0 aliphatic carbocycles. The number of hydrogen-bond acceptors (Lipinski definition) is 4. The van der Waals surface area contributed by atoms with Gasteiger partial charge in [-0.1, -0.05) is 12.1 Å². The van der Waals surface area contributed by atoms with Crippen LogP contribution < -0.4 is 5.46 Å². The van der Waals surface area contributed by atoms with Crippen molar-refractivity contribution < 1.29 is 28.0 Å². The molecule has 1 fully saturated rings. The SMILES string of the molecule is CC1(C)OB(c2cn(Cc3ccc(C(=O)O)cc3)nc2C(F)F)OC1(C)C. The lowest BCUT2D eigenvalue weighted by molar-refractivity contribution is 0.00578. The Morgan fingerprint density at radius 2 is 1.74 bits per heavy atom. The zero-order chi connectivity index (χ0) is 20.0. The molecule has 9 heteroatoms. The normalized spacial score (nSPS) is 18.3. The van der Waals surface area contributed by atoms with E-state index in [0.29, 0.717) is 0 Å². The molecule has 0 saturated carbocycles. The van der Waals surface area contributed by atoms with Crippen LogP contribution in [-0.2, 0) is 15.9 Å². The van der Waals surface area contributed by atoms with E-state index in [1.807, 2.05) is 27.7 Å². The van der Waals surface area contributed by atoms with Gasteiger partial charge in [-0.15, -0.1) is 0 Å². The first-order valence-corrected chi connectivity index (χ1v) is 8.53. The molecule has 0 atom stereocenters. The molecular weight excluding hydrogens is 357 g/mol. The highest BCUT2D eigenvalue weighted by molar-refractivity contribution is 6.62. The maximum absolute atomic E-state index is 13.5. The van der Waals surface area contributed by atoms with Crippen LogP contribution in [0.3, 0.4) is 0 Å². The fourth-order valence-electron chi connectivity index (χ4n) is 2.79. The number of carboxylic acid groups (broad SMARTS) is 1. The van der Waals surface area contributed by atoms with E-state index in [0.717, 1.165) is 5.56 Å². The van der Waals surface area contributed by atoms with Gasteiger partial charge in [-0.3, -0.25) is 4.68 Å². The highest BCUT2D eigenvalue weighted by Gasteiger charge is 2.53. The number of aromatic nitrogens is 2. The van der Waals surface area contributed by atoms with Gasteiger partial charge in [-0.25, -0.2) is 13.6 Å². The Morgan fingerprint density at radius 1 is 1.19 bits per heavy atom. The largest absolute Gasteiger partial charge is 0.498 e. The van der Waals surface area contributed by atoms with E-state index in [9.17, 15) is 13.6 Å². The minimum atomic E-state index is -2.77. The maximum Gasteiger partial charge on any atom is 0.498 e. The summed E-state index contributed by atoms with van der Waals surface area (Å²) < 4.78 is 40.1. The Kier molecular flexibility index (Phi) is 4.86. The fraction of sp³-hybridized carbons (Fsp3) is 0.444. The molecule has 144 valence electrons. The second-order valence-corrected chi connectivity index (χ2v) is 7.56. The van der Waals surface area contributed by atoms with Crippen LogP contribution in [0.1, 0.15) is 55.7 Å². The summed E-state index contributed by atoms with van der Waals surface area (Å²) in [6.07, 6.45) is -1.27. The molecule has 0 bridgehead atoms. The van der Waals surface area contributed by atoms with Crippen LogP contribution in [0, 0.1) is 0 Å². The lowest BCUT2D eigenvalue weighted by atomic mass is 9.79. The van der Waals surface area contributed by atoms with Gasteiger partial charge >= 0.3 is 13.1 Å². The molecule has 0 amide bonds. The van der Waals surface area contributed by atoms with E-state index >= 15 is 0 Å². The molecule has 1 saturated heterocycles. The van der Waals surface area contributed by atoms with Crippen LogP contribution in [0.25, 0.3) is 0 Å². The van der Waals surface area contributed by atoms with E-state index in [-0.39, 0.29) is 23.3 Å². The predicted molar refractivity (Wildman–Crippen MR) is 95.4 cm³/mol. The zero-order valence-corrected chi connectivity index (χ0v) is 15.6. The molecule has 3 rings (SSSR count). The smallest absolute Gasteiger partial charge is 0.478 e. The Labute approximate surface area is 156 Å². The van der Waals surface area contributed by atoms with Crippen LogP contribution in [0.15, 0.2) is 30.5 Å². The first-order chi connectivity index (χ1) is 12.5. The molecule has 1 aliphatic heterocycles. The summed E-state index contributed by atoms with van der Waals surface area (Å²) in [5.74, 6) is -1.02. The molecular formula is C18H21BF2N2O4. The summed E-state index contributed by atoms with van der Waals surface area (Å²) in [6, 6.07) is 6.18. The molecule has 2 heterocycles. The molecule has 0 unspecified atom stereocenters. The third-order valence-corrected chi connectivity index (χ3v) is 5.08. The number of halogens is 2. The lowest BCUT2D eigenvalue weighted by Crippen LogP contribution is -2.41. The zero-order valence-electron chi connectivity index (χ0n) is 15.6. The summed E-state index contributed by atoms with van der Waals surface area (Å²) in [5, 5.41) is 12.9. The third kappa shape index (κ3) is 3.75. The number of nitrogens with zero attached hydrogens (tertiary/aromatic N) is 2. The highest BCUT2D eigenvalue weighted by Crippen LogP contribution is 2.37. The van der Waals surface area contributed by atoms with Gasteiger partial charge in [0.2, 0.25) is 0 Å². The van der Waals surface area contributed by atoms with Crippen molar-refractivity contribution in [1.29, 1.82) is 0 Å². The summed E-state index contributed by atoms with van der Waals surface area (Å²) in [7, 11) is -0.929. The van der Waals surface area contributed by atoms with Gasteiger partial charge in [0.25, 0.3) is 6.43 Å². The van der Waals surface area contributed by atoms with Crippen molar-refractivity contribution in [3.05, 3.63) is 47.3 Å². The predicted octanol–water partition coefficient (Wildman–Crippen LogP) is 2.87. The van der Waals surface area contributed by atoms with Gasteiger partial charge < -0.3 is 14.4 Å². The molecule has 0 radical (unpaired) electrons. The number of carboxylic acids is 1. The Balaban J connectivity index is 1.87. The molecule has 0 spiro atoms. The minimum absolute atomic E-state index is 0.158. The summed E-state index contributed by atoms with van der Waals surface area (Å²) in [6.45, 7) is 7.62. The average molecular weight is 378 g/mol. The summed E-state index contributed by atoms with van der Waals surface area (Å²) in [4.78, 5) is 10.9. The number of alkyl halides is 2. The number of benzene rings is 1. The van der Waals surface area contributed by atoms with Crippen LogP contribution in [0.5, 0.6) is 0 Å². The van der Waals surface area contributed by atoms with Crippen LogP contribution in [-0.4, -0.2) is 39.2 Å². The standard InChI is InChI=1S/C18H21BF2N2O4/c1-17(2)18(3,4)27-19(26-17)13-10-23(22-14(13)15(20)21)9-11-5-7-12(8-6-11)16(24)25/h5-8,10,15H,9H2,1-4H3,(H,24,25). The molecule has 2 aromatic rings. The van der Waals surface area contributed by atoms with Crippen molar-refractivity contribution in [2.45, 2.75) is 51.9 Å². The molecule has 1 N–H and O–H groups in total. The quantitative estimate of drug-likeness (QED) is 0.810. The second-order valence-electron chi connectivity index (χ2n) is 7.56. The van der Waals surface area contributed by atoms with E-state index in [4.69, 9.17) is 14.4 Å². The van der Waals surface area contributed by atoms with E-state index in [1.165, 1.54) is 23.0 Å². The van der Waals surface area contributed by atoms with Gasteiger partial charge in [-0.2, -0.15) is 5.10 Å². The highest BCUT2D eigenvalue weighted by atomic mass is 19.3. The van der Waals surface area contributed by atoms with Gasteiger partial charge in [-0.05, 0) is 45.4 Å². The first-order valence-electron chi connectivity index (χ1n) is 8.53. The number of hydrogen-bond donors (Lipinski definition) is 1. The maximum atomic E-state index is 13.5. The van der Waals surface area contributed by atoms with Crippen LogP contribution in [0.2, 0.25) is 0 Å². The molecule has 6 nitrogen and oxygen atoms in total. The Bertz CT molecular complexity index is 834.